The Morgan fingerprint density at radius 3 is 2.96 bits per heavy atom. The van der Waals surface area contributed by atoms with E-state index in [-0.39, 0.29) is 17.5 Å². The highest BCUT2D eigenvalue weighted by atomic mass is 16.2. The van der Waals surface area contributed by atoms with Crippen LogP contribution in [0.2, 0.25) is 0 Å². The fourth-order valence-electron chi connectivity index (χ4n) is 3.17. The van der Waals surface area contributed by atoms with Crippen molar-refractivity contribution in [2.75, 3.05) is 13.1 Å². The van der Waals surface area contributed by atoms with Crippen molar-refractivity contribution in [3.63, 3.8) is 0 Å². The van der Waals surface area contributed by atoms with Gasteiger partial charge in [-0.05, 0) is 18.8 Å². The second-order valence-electron chi connectivity index (χ2n) is 6.70. The van der Waals surface area contributed by atoms with Gasteiger partial charge in [-0.3, -0.25) is 9.59 Å². The third-order valence-corrected chi connectivity index (χ3v) is 4.30. The van der Waals surface area contributed by atoms with E-state index in [4.69, 9.17) is 0 Å². The number of carbonyl (C=O) groups is 1. The van der Waals surface area contributed by atoms with E-state index in [1.165, 1.54) is 0 Å². The van der Waals surface area contributed by atoms with Crippen LogP contribution in [0.25, 0.3) is 11.0 Å². The number of rotatable bonds is 3. The normalized spacial score (nSPS) is 18.8. The average Bonchev–Trinajstić information content (AvgIpc) is 2.91. The van der Waals surface area contributed by atoms with Crippen LogP contribution >= 0.6 is 0 Å². The molecule has 1 aliphatic rings. The maximum Gasteiger partial charge on any atom is 0.262 e. The molecule has 0 bridgehead atoms. The number of aromatic amines is 1. The molecular weight excluding hydrogens is 294 g/mol. The van der Waals surface area contributed by atoms with Crippen molar-refractivity contribution in [1.29, 1.82) is 0 Å². The first-order chi connectivity index (χ1) is 11.0. The highest BCUT2D eigenvalue weighted by Crippen LogP contribution is 2.23. The molecule has 0 saturated carbocycles. The molecule has 1 saturated heterocycles. The molecule has 7 heteroatoms. The van der Waals surface area contributed by atoms with Crippen molar-refractivity contribution >= 4 is 16.9 Å². The van der Waals surface area contributed by atoms with E-state index >= 15 is 0 Å². The number of H-pyrrole nitrogens is 1. The van der Waals surface area contributed by atoms with E-state index in [1.807, 2.05) is 9.58 Å². The molecule has 3 rings (SSSR count). The van der Waals surface area contributed by atoms with E-state index in [2.05, 4.69) is 28.9 Å². The lowest BCUT2D eigenvalue weighted by molar-refractivity contribution is -0.130. The Balaban J connectivity index is 1.99. The summed E-state index contributed by atoms with van der Waals surface area (Å²) in [6.07, 6.45) is 4.18. The molecule has 7 nitrogen and oxygen atoms in total. The van der Waals surface area contributed by atoms with Gasteiger partial charge in [0.1, 0.15) is 11.2 Å². The number of amides is 1. The van der Waals surface area contributed by atoms with Crippen LogP contribution in [-0.4, -0.2) is 43.6 Å². The van der Waals surface area contributed by atoms with Gasteiger partial charge in [0.15, 0.2) is 5.65 Å². The minimum Gasteiger partial charge on any atom is -0.341 e. The van der Waals surface area contributed by atoms with Gasteiger partial charge < -0.3 is 9.88 Å². The summed E-state index contributed by atoms with van der Waals surface area (Å²) in [5, 5.41) is 4.90. The number of likely N-dealkylation sites (tertiary alicyclic amines) is 1. The fraction of sp³-hybridized carbons (Fsp3) is 0.625. The van der Waals surface area contributed by atoms with Crippen molar-refractivity contribution in [2.24, 2.45) is 5.92 Å². The molecule has 2 aromatic heterocycles. The molecule has 1 N–H and O–H groups in total. The van der Waals surface area contributed by atoms with E-state index in [1.54, 1.807) is 13.1 Å². The molecule has 0 aromatic carbocycles. The summed E-state index contributed by atoms with van der Waals surface area (Å²) in [4.78, 5) is 33.2. The summed E-state index contributed by atoms with van der Waals surface area (Å²) < 4.78 is 1.82. The molecule has 1 amide bonds. The Hall–Kier alpha value is -2.18. The molecule has 1 atom stereocenters. The zero-order chi connectivity index (χ0) is 16.6. The van der Waals surface area contributed by atoms with Gasteiger partial charge >= 0.3 is 0 Å². The number of carbonyl (C=O) groups excluding carboxylic acids is 1. The number of fused-ring (bicyclic) bond motifs is 1. The number of nitrogens with zero attached hydrogens (tertiary/aromatic N) is 4. The van der Waals surface area contributed by atoms with Gasteiger partial charge in [0.2, 0.25) is 5.91 Å². The number of nitrogens with one attached hydrogen (secondary N) is 1. The summed E-state index contributed by atoms with van der Waals surface area (Å²) >= 11 is 0. The molecular formula is C16H23N5O2. The molecule has 2 aromatic rings. The quantitative estimate of drug-likeness (QED) is 0.930. The SMILES string of the molecule is CC(=O)N1CCCC(n2ncc3c(=O)[nH]c(CC(C)C)nc32)C1. The highest BCUT2D eigenvalue weighted by molar-refractivity contribution is 5.74. The summed E-state index contributed by atoms with van der Waals surface area (Å²) in [6, 6.07) is 0.0753. The van der Waals surface area contributed by atoms with Crippen LogP contribution < -0.4 is 5.56 Å². The first kappa shape index (κ1) is 15.7. The Kier molecular flexibility index (Phi) is 4.19. The maximum absolute atomic E-state index is 12.2. The Morgan fingerprint density at radius 2 is 2.26 bits per heavy atom. The van der Waals surface area contributed by atoms with Crippen LogP contribution in [0.1, 0.15) is 45.5 Å². The second kappa shape index (κ2) is 6.14. The van der Waals surface area contributed by atoms with Crippen LogP contribution in [0.5, 0.6) is 0 Å². The highest BCUT2D eigenvalue weighted by Gasteiger charge is 2.25. The summed E-state index contributed by atoms with van der Waals surface area (Å²) in [6.45, 7) is 7.19. The van der Waals surface area contributed by atoms with Crippen LogP contribution in [0, 0.1) is 5.92 Å². The van der Waals surface area contributed by atoms with Crippen molar-refractivity contribution in [3.05, 3.63) is 22.4 Å². The predicted molar refractivity (Wildman–Crippen MR) is 87.2 cm³/mol. The second-order valence-corrected chi connectivity index (χ2v) is 6.70. The number of hydrogen-bond donors (Lipinski definition) is 1. The minimum absolute atomic E-state index is 0.0753. The van der Waals surface area contributed by atoms with Crippen LogP contribution in [0.3, 0.4) is 0 Å². The maximum atomic E-state index is 12.2. The first-order valence-corrected chi connectivity index (χ1v) is 8.17. The van der Waals surface area contributed by atoms with Crippen molar-refractivity contribution in [3.8, 4) is 0 Å². The van der Waals surface area contributed by atoms with Crippen molar-refractivity contribution in [1.82, 2.24) is 24.6 Å². The zero-order valence-corrected chi connectivity index (χ0v) is 13.9. The van der Waals surface area contributed by atoms with Gasteiger partial charge in [0, 0.05) is 26.4 Å². The number of hydrogen-bond acceptors (Lipinski definition) is 4. The molecule has 0 spiro atoms. The van der Waals surface area contributed by atoms with E-state index in [9.17, 15) is 9.59 Å². The molecule has 0 aliphatic carbocycles. The van der Waals surface area contributed by atoms with E-state index in [0.717, 1.165) is 25.8 Å². The van der Waals surface area contributed by atoms with Gasteiger partial charge in [-0.1, -0.05) is 13.8 Å². The van der Waals surface area contributed by atoms with Crippen LogP contribution in [0.4, 0.5) is 0 Å². The summed E-state index contributed by atoms with van der Waals surface area (Å²) in [5.74, 6) is 1.19. The van der Waals surface area contributed by atoms with Crippen molar-refractivity contribution in [2.45, 2.75) is 46.1 Å². The van der Waals surface area contributed by atoms with Gasteiger partial charge in [-0.15, -0.1) is 0 Å². The van der Waals surface area contributed by atoms with E-state index in [0.29, 0.717) is 29.3 Å². The lowest BCUT2D eigenvalue weighted by Gasteiger charge is -2.32. The number of piperidine rings is 1. The fourth-order valence-corrected chi connectivity index (χ4v) is 3.17. The molecule has 1 aliphatic heterocycles. The molecule has 3 heterocycles. The Morgan fingerprint density at radius 1 is 1.48 bits per heavy atom. The smallest absolute Gasteiger partial charge is 0.262 e. The summed E-state index contributed by atoms with van der Waals surface area (Å²) in [5.41, 5.74) is 0.482. The topological polar surface area (TPSA) is 83.9 Å². The third kappa shape index (κ3) is 3.13. The van der Waals surface area contributed by atoms with E-state index < -0.39 is 0 Å². The van der Waals surface area contributed by atoms with Gasteiger partial charge in [-0.25, -0.2) is 9.67 Å². The third-order valence-electron chi connectivity index (χ3n) is 4.30. The average molecular weight is 317 g/mol. The molecule has 124 valence electrons. The monoisotopic (exact) mass is 317 g/mol. The molecule has 1 unspecified atom stereocenters. The van der Waals surface area contributed by atoms with Gasteiger partial charge in [-0.2, -0.15) is 5.10 Å². The minimum atomic E-state index is -0.142. The Bertz CT molecular complexity index is 776. The number of aromatic nitrogens is 4. The van der Waals surface area contributed by atoms with Crippen LogP contribution in [-0.2, 0) is 11.2 Å². The van der Waals surface area contributed by atoms with Crippen molar-refractivity contribution < 1.29 is 4.79 Å². The molecule has 1 fully saturated rings. The largest absolute Gasteiger partial charge is 0.341 e. The summed E-state index contributed by atoms with van der Waals surface area (Å²) in [7, 11) is 0. The zero-order valence-electron chi connectivity index (χ0n) is 13.9. The molecule has 0 radical (unpaired) electrons. The lowest BCUT2D eigenvalue weighted by atomic mass is 10.1. The first-order valence-electron chi connectivity index (χ1n) is 8.17. The standard InChI is InChI=1S/C16H23N5O2/c1-10(2)7-14-18-15-13(16(23)19-14)8-17-21(15)12-5-4-6-20(9-12)11(3)22/h8,10,12H,4-7,9H2,1-3H3,(H,18,19,23). The Labute approximate surface area is 134 Å². The van der Waals surface area contributed by atoms with Gasteiger partial charge in [0.25, 0.3) is 5.56 Å². The van der Waals surface area contributed by atoms with Gasteiger partial charge in [0.05, 0.1) is 12.2 Å². The molecule has 23 heavy (non-hydrogen) atoms. The lowest BCUT2D eigenvalue weighted by Crippen LogP contribution is -2.39. The van der Waals surface area contributed by atoms with Crippen LogP contribution in [0.15, 0.2) is 11.0 Å². The predicted octanol–water partition coefficient (Wildman–Crippen LogP) is 1.50.